The van der Waals surface area contributed by atoms with Gasteiger partial charge in [0.25, 0.3) is 0 Å². The highest BCUT2D eigenvalue weighted by Gasteiger charge is 2.38. The van der Waals surface area contributed by atoms with Crippen molar-refractivity contribution in [2.75, 3.05) is 43.5 Å². The molecule has 0 bridgehead atoms. The summed E-state index contributed by atoms with van der Waals surface area (Å²) >= 11 is -0.677. The number of nitrogen functional groups attached to an aromatic ring is 1. The van der Waals surface area contributed by atoms with E-state index in [9.17, 15) is 4.55 Å². The summed E-state index contributed by atoms with van der Waals surface area (Å²) < 4.78 is 40.9. The maximum Gasteiger partial charge on any atom is 0.172 e. The van der Waals surface area contributed by atoms with Gasteiger partial charge in [0.2, 0.25) is 0 Å². The van der Waals surface area contributed by atoms with E-state index in [-0.39, 0.29) is 17.9 Å². The highest BCUT2D eigenvalue weighted by atomic mass is 32.2. The summed E-state index contributed by atoms with van der Waals surface area (Å²) in [7, 11) is 0. The number of nitrogens with two attached hydrogens (primary N) is 1. The molecule has 1 saturated carbocycles. The number of hydrogen-bond acceptors (Lipinski definition) is 7. The largest absolute Gasteiger partial charge is 0.616 e. The lowest BCUT2D eigenvalue weighted by Gasteiger charge is -2.44. The Kier molecular flexibility index (Phi) is 6.30. The topological polar surface area (TPSA) is 101 Å². The molecule has 2 aromatic heterocycles. The minimum absolute atomic E-state index is 0.00970. The molecule has 1 unspecified atom stereocenters. The van der Waals surface area contributed by atoms with Gasteiger partial charge in [0.15, 0.2) is 11.6 Å². The van der Waals surface area contributed by atoms with Crippen LogP contribution in [-0.4, -0.2) is 73.9 Å². The Morgan fingerprint density at radius 3 is 2.77 bits per heavy atom. The predicted octanol–water partition coefficient (Wildman–Crippen LogP) is 3.15. The van der Waals surface area contributed by atoms with Crippen LogP contribution in [0, 0.1) is 5.82 Å². The first-order chi connectivity index (χ1) is 17.1. The Morgan fingerprint density at radius 1 is 1.17 bits per heavy atom. The van der Waals surface area contributed by atoms with Crippen LogP contribution in [0.2, 0.25) is 0 Å². The van der Waals surface area contributed by atoms with Crippen molar-refractivity contribution in [3.8, 4) is 16.9 Å². The van der Waals surface area contributed by atoms with Crippen LogP contribution in [-0.2, 0) is 15.9 Å². The molecule has 2 saturated heterocycles. The molecule has 0 spiro atoms. The molecule has 35 heavy (non-hydrogen) atoms. The molecule has 0 amide bonds. The van der Waals surface area contributed by atoms with Crippen molar-refractivity contribution >= 4 is 28.0 Å². The van der Waals surface area contributed by atoms with Gasteiger partial charge in [-0.25, -0.2) is 14.4 Å². The Hall–Kier alpha value is -2.40. The van der Waals surface area contributed by atoms with Crippen LogP contribution in [0.3, 0.4) is 0 Å². The van der Waals surface area contributed by atoms with E-state index in [0.717, 1.165) is 62.5 Å². The van der Waals surface area contributed by atoms with Crippen LogP contribution in [0.4, 0.5) is 10.2 Å². The second-order valence-corrected chi connectivity index (χ2v) is 11.3. The van der Waals surface area contributed by atoms with Crippen molar-refractivity contribution < 1.29 is 18.4 Å². The number of anilines is 1. The number of nitrogens with zero attached hydrogens (tertiary/aromatic N) is 4. The van der Waals surface area contributed by atoms with E-state index in [1.165, 1.54) is 6.33 Å². The lowest BCUT2D eigenvalue weighted by atomic mass is 9.85. The van der Waals surface area contributed by atoms with Crippen LogP contribution in [0.5, 0.6) is 5.75 Å². The molecule has 3 aliphatic rings. The molecule has 2 N–H and O–H groups in total. The fourth-order valence-corrected chi connectivity index (χ4v) is 6.56. The van der Waals surface area contributed by atoms with Gasteiger partial charge in [0, 0.05) is 49.1 Å². The third kappa shape index (κ3) is 4.37. The highest BCUT2D eigenvalue weighted by molar-refractivity contribution is 7.91. The standard InChI is InChI=1S/C25H30FN5O3S/c26-23-19(4-1-5-21(23)34-14-18-3-2-8-33-18)20-13-31(25-22(20)24(27)28-15-29-25)17-11-16(12-17)30-6-9-35(32)10-7-30/h1,4-5,13,15-18H,2-3,6-12,14H2,(H2,27,28,29). The normalized spacial score (nSPS) is 25.7. The lowest BCUT2D eigenvalue weighted by Crippen LogP contribution is -2.51. The average molecular weight is 500 g/mol. The number of fused-ring (bicyclic) bond motifs is 1. The molecule has 1 aromatic carbocycles. The first-order valence-electron chi connectivity index (χ1n) is 12.3. The van der Waals surface area contributed by atoms with Crippen LogP contribution >= 0.6 is 0 Å². The Bertz CT molecular complexity index is 1200. The second-order valence-electron chi connectivity index (χ2n) is 9.63. The summed E-state index contributed by atoms with van der Waals surface area (Å²) in [5, 5.41) is 0.666. The number of aromatic nitrogens is 3. The second kappa shape index (κ2) is 9.57. The first kappa shape index (κ1) is 23.0. The molecule has 1 atom stereocenters. The van der Waals surface area contributed by atoms with E-state index in [1.807, 2.05) is 6.20 Å². The maximum absolute atomic E-state index is 15.6. The number of hydrogen-bond donors (Lipinski definition) is 1. The molecule has 2 aliphatic heterocycles. The molecule has 3 fully saturated rings. The van der Waals surface area contributed by atoms with Crippen molar-refractivity contribution in [3.05, 3.63) is 36.5 Å². The molecule has 186 valence electrons. The van der Waals surface area contributed by atoms with E-state index >= 15 is 4.39 Å². The van der Waals surface area contributed by atoms with Gasteiger partial charge in [-0.05, 0) is 31.7 Å². The molecule has 6 rings (SSSR count). The Morgan fingerprint density at radius 2 is 2.00 bits per heavy atom. The Labute approximate surface area is 206 Å². The van der Waals surface area contributed by atoms with Crippen LogP contribution < -0.4 is 10.5 Å². The SMILES string of the molecule is Nc1ncnc2c1c(-c1cccc(OCC3CCCO3)c1F)cn2C1CC(N2CC[S+]([O-])CC2)C1. The zero-order chi connectivity index (χ0) is 23.9. The maximum atomic E-state index is 15.6. The van der Waals surface area contributed by atoms with Gasteiger partial charge in [-0.3, -0.25) is 4.90 Å². The summed E-state index contributed by atoms with van der Waals surface area (Å²) in [5.41, 5.74) is 8.11. The summed E-state index contributed by atoms with van der Waals surface area (Å²) in [6.45, 7) is 2.84. The van der Waals surface area contributed by atoms with Crippen LogP contribution in [0.25, 0.3) is 22.2 Å². The molecule has 3 aromatic rings. The third-order valence-corrected chi connectivity index (χ3v) is 8.83. The highest BCUT2D eigenvalue weighted by Crippen LogP contribution is 2.43. The van der Waals surface area contributed by atoms with Gasteiger partial charge < -0.3 is 24.3 Å². The van der Waals surface area contributed by atoms with Gasteiger partial charge in [0.05, 0.1) is 11.5 Å². The van der Waals surface area contributed by atoms with E-state index in [1.54, 1.807) is 18.2 Å². The van der Waals surface area contributed by atoms with E-state index in [4.69, 9.17) is 15.2 Å². The van der Waals surface area contributed by atoms with Gasteiger partial charge in [-0.2, -0.15) is 0 Å². The summed E-state index contributed by atoms with van der Waals surface area (Å²) in [4.78, 5) is 11.2. The van der Waals surface area contributed by atoms with Crippen LogP contribution in [0.15, 0.2) is 30.7 Å². The summed E-state index contributed by atoms with van der Waals surface area (Å²) in [5.74, 6) is 1.64. The minimum Gasteiger partial charge on any atom is -0.616 e. The molecular weight excluding hydrogens is 469 g/mol. The Balaban J connectivity index is 1.28. The number of halogens is 1. The van der Waals surface area contributed by atoms with Crippen molar-refractivity contribution in [2.45, 2.75) is 43.9 Å². The van der Waals surface area contributed by atoms with Gasteiger partial charge in [-0.15, -0.1) is 0 Å². The molecule has 4 heterocycles. The minimum atomic E-state index is -0.677. The summed E-state index contributed by atoms with van der Waals surface area (Å²) in [6.07, 6.45) is 7.33. The van der Waals surface area contributed by atoms with Gasteiger partial charge in [0.1, 0.15) is 35.9 Å². The molecular formula is C25H30FN5O3S. The lowest BCUT2D eigenvalue weighted by molar-refractivity contribution is 0.0666. The number of ether oxygens (including phenoxy) is 2. The number of benzene rings is 1. The van der Waals surface area contributed by atoms with Crippen molar-refractivity contribution in [2.24, 2.45) is 0 Å². The number of rotatable bonds is 6. The average Bonchev–Trinajstić information content (AvgIpc) is 3.48. The van der Waals surface area contributed by atoms with Gasteiger partial charge >= 0.3 is 0 Å². The fraction of sp³-hybridized carbons (Fsp3) is 0.520. The molecule has 1 aliphatic carbocycles. The fourth-order valence-electron chi connectivity index (χ4n) is 5.48. The monoisotopic (exact) mass is 499 g/mol. The molecule has 10 heteroatoms. The van der Waals surface area contributed by atoms with E-state index in [2.05, 4.69) is 19.4 Å². The first-order valence-corrected chi connectivity index (χ1v) is 13.8. The van der Waals surface area contributed by atoms with Crippen molar-refractivity contribution in [1.82, 2.24) is 19.4 Å². The smallest absolute Gasteiger partial charge is 0.172 e. The third-order valence-electron chi connectivity index (χ3n) is 7.55. The molecule has 0 radical (unpaired) electrons. The van der Waals surface area contributed by atoms with Crippen molar-refractivity contribution in [3.63, 3.8) is 0 Å². The predicted molar refractivity (Wildman–Crippen MR) is 133 cm³/mol. The zero-order valence-corrected chi connectivity index (χ0v) is 20.4. The van der Waals surface area contributed by atoms with E-state index < -0.39 is 17.0 Å². The van der Waals surface area contributed by atoms with E-state index in [0.29, 0.717) is 35.0 Å². The molecule has 8 nitrogen and oxygen atoms in total. The van der Waals surface area contributed by atoms with Gasteiger partial charge in [-0.1, -0.05) is 23.3 Å². The quantitative estimate of drug-likeness (QED) is 0.520. The zero-order valence-electron chi connectivity index (χ0n) is 19.6. The summed E-state index contributed by atoms with van der Waals surface area (Å²) in [6, 6.07) is 5.92. The van der Waals surface area contributed by atoms with Crippen molar-refractivity contribution in [1.29, 1.82) is 0 Å². The van der Waals surface area contributed by atoms with Crippen LogP contribution in [0.1, 0.15) is 31.7 Å².